The van der Waals surface area contributed by atoms with Crippen molar-refractivity contribution < 1.29 is 8.83 Å². The van der Waals surface area contributed by atoms with Gasteiger partial charge >= 0.3 is 0 Å². The minimum absolute atomic E-state index is 0. The highest BCUT2D eigenvalue weighted by Gasteiger charge is 2.19. The molecule has 0 unspecified atom stereocenters. The van der Waals surface area contributed by atoms with E-state index in [1.165, 1.54) is 0 Å². The molecule has 2 aromatic heterocycles. The molecule has 3 rings (SSSR count). The van der Waals surface area contributed by atoms with Crippen LogP contribution in [0.15, 0.2) is 50.4 Å². The quantitative estimate of drug-likeness (QED) is 0.341. The maximum atomic E-state index is 5.79. The molecule has 0 saturated heterocycles. The van der Waals surface area contributed by atoms with E-state index in [-0.39, 0.29) is 29.4 Å². The Hall–Kier alpha value is -2.03. The molecule has 0 radical (unpaired) electrons. The summed E-state index contributed by atoms with van der Waals surface area (Å²) in [6.45, 7) is 7.30. The second-order valence-electron chi connectivity index (χ2n) is 6.90. The number of guanidine groups is 1. The van der Waals surface area contributed by atoms with Crippen molar-refractivity contribution >= 4 is 40.9 Å². The number of oxazole rings is 1. The van der Waals surface area contributed by atoms with Crippen LogP contribution in [0.4, 0.5) is 0 Å². The van der Waals surface area contributed by atoms with Crippen molar-refractivity contribution in [3.63, 3.8) is 0 Å². The van der Waals surface area contributed by atoms with E-state index in [9.17, 15) is 0 Å². The van der Waals surface area contributed by atoms with Gasteiger partial charge in [0, 0.05) is 17.8 Å². The van der Waals surface area contributed by atoms with Gasteiger partial charge in [-0.1, -0.05) is 39.0 Å². The predicted octanol–water partition coefficient (Wildman–Crippen LogP) is 4.20. The third-order valence-electron chi connectivity index (χ3n) is 3.83. The van der Waals surface area contributed by atoms with Crippen LogP contribution in [0.1, 0.15) is 38.2 Å². The number of furan rings is 1. The summed E-state index contributed by atoms with van der Waals surface area (Å²) >= 11 is 0. The van der Waals surface area contributed by atoms with Gasteiger partial charge in [-0.15, -0.1) is 24.0 Å². The lowest BCUT2D eigenvalue weighted by atomic mass is 9.94. The molecule has 140 valence electrons. The fourth-order valence-electron chi connectivity index (χ4n) is 2.41. The van der Waals surface area contributed by atoms with Crippen molar-refractivity contribution in [2.24, 2.45) is 4.99 Å². The van der Waals surface area contributed by atoms with Crippen molar-refractivity contribution in [1.82, 2.24) is 15.6 Å². The first-order valence-corrected chi connectivity index (χ1v) is 8.33. The summed E-state index contributed by atoms with van der Waals surface area (Å²) in [6, 6.07) is 9.98. The Labute approximate surface area is 170 Å². The predicted molar refractivity (Wildman–Crippen MR) is 114 cm³/mol. The highest BCUT2D eigenvalue weighted by Crippen LogP contribution is 2.22. The Morgan fingerprint density at radius 2 is 1.85 bits per heavy atom. The molecule has 7 heteroatoms. The number of para-hydroxylation sites is 1. The van der Waals surface area contributed by atoms with Gasteiger partial charge < -0.3 is 19.5 Å². The highest BCUT2D eigenvalue weighted by atomic mass is 127. The van der Waals surface area contributed by atoms with Gasteiger partial charge in [0.15, 0.2) is 5.96 Å². The number of nitrogens with one attached hydrogen (secondary N) is 2. The minimum Gasteiger partial charge on any atom is -0.459 e. The highest BCUT2D eigenvalue weighted by molar-refractivity contribution is 14.0. The van der Waals surface area contributed by atoms with Gasteiger partial charge in [0.1, 0.15) is 17.1 Å². The number of fused-ring (bicyclic) bond motifs is 1. The van der Waals surface area contributed by atoms with Crippen LogP contribution in [0.3, 0.4) is 0 Å². The molecule has 1 aromatic carbocycles. The van der Waals surface area contributed by atoms with Crippen LogP contribution >= 0.6 is 24.0 Å². The molecular weight excluding hydrogens is 443 g/mol. The molecule has 0 aliphatic rings. The summed E-state index contributed by atoms with van der Waals surface area (Å²) < 4.78 is 11.6. The average molecular weight is 468 g/mol. The van der Waals surface area contributed by atoms with E-state index >= 15 is 0 Å². The zero-order valence-electron chi connectivity index (χ0n) is 15.5. The van der Waals surface area contributed by atoms with Gasteiger partial charge in [-0.25, -0.2) is 4.98 Å². The molecule has 0 bridgehead atoms. The number of aromatic nitrogens is 1. The van der Waals surface area contributed by atoms with E-state index in [4.69, 9.17) is 8.83 Å². The van der Waals surface area contributed by atoms with Gasteiger partial charge in [-0.3, -0.25) is 4.99 Å². The number of hydrogen-bond acceptors (Lipinski definition) is 4. The zero-order chi connectivity index (χ0) is 17.9. The van der Waals surface area contributed by atoms with Crippen LogP contribution in [-0.4, -0.2) is 18.0 Å². The monoisotopic (exact) mass is 468 g/mol. The summed E-state index contributed by atoms with van der Waals surface area (Å²) in [4.78, 5) is 8.52. The normalized spacial score (nSPS) is 12.1. The number of aliphatic imine (C=N–C) groups is 1. The van der Waals surface area contributed by atoms with Crippen LogP contribution in [0, 0.1) is 0 Å². The first-order chi connectivity index (χ1) is 12.0. The van der Waals surface area contributed by atoms with Crippen LogP contribution in [0.25, 0.3) is 11.0 Å². The number of benzene rings is 1. The van der Waals surface area contributed by atoms with E-state index in [0.717, 1.165) is 22.5 Å². The molecule has 6 nitrogen and oxygen atoms in total. The summed E-state index contributed by atoms with van der Waals surface area (Å²) in [6.07, 6.45) is 1.78. The molecule has 0 saturated carbocycles. The fraction of sp³-hybridized carbons (Fsp3) is 0.368. The Morgan fingerprint density at radius 3 is 2.50 bits per heavy atom. The van der Waals surface area contributed by atoms with Crippen molar-refractivity contribution in [3.05, 3.63) is 53.9 Å². The maximum Gasteiger partial charge on any atom is 0.213 e. The number of rotatable bonds is 4. The Balaban J connectivity index is 0.00000243. The molecule has 0 spiro atoms. The van der Waals surface area contributed by atoms with E-state index in [1.54, 1.807) is 13.2 Å². The molecular formula is C19H25IN4O2. The SMILES string of the molecule is CN=C(NCc1cc2ccccc2o1)NCc1ncc(C(C)(C)C)o1.I. The minimum atomic E-state index is -0.0491. The first-order valence-electron chi connectivity index (χ1n) is 8.33. The maximum absolute atomic E-state index is 5.79. The third kappa shape index (κ3) is 5.00. The molecule has 0 aliphatic heterocycles. The molecule has 0 amide bonds. The average Bonchev–Trinajstić information content (AvgIpc) is 3.21. The topological polar surface area (TPSA) is 75.6 Å². The Bertz CT molecular complexity index is 844. The molecule has 0 atom stereocenters. The lowest BCUT2D eigenvalue weighted by Crippen LogP contribution is -2.36. The summed E-state index contributed by atoms with van der Waals surface area (Å²) in [7, 11) is 1.73. The third-order valence-corrected chi connectivity index (χ3v) is 3.83. The van der Waals surface area contributed by atoms with Crippen molar-refractivity contribution in [2.45, 2.75) is 39.3 Å². The second-order valence-corrected chi connectivity index (χ2v) is 6.90. The molecule has 26 heavy (non-hydrogen) atoms. The summed E-state index contributed by atoms with van der Waals surface area (Å²) in [5, 5.41) is 7.52. The van der Waals surface area contributed by atoms with Gasteiger partial charge in [-0.05, 0) is 12.1 Å². The van der Waals surface area contributed by atoms with Crippen LogP contribution in [-0.2, 0) is 18.5 Å². The Kier molecular flexibility index (Phi) is 6.69. The lowest BCUT2D eigenvalue weighted by molar-refractivity contribution is 0.379. The van der Waals surface area contributed by atoms with E-state index in [2.05, 4.69) is 41.4 Å². The van der Waals surface area contributed by atoms with E-state index in [1.807, 2.05) is 30.3 Å². The van der Waals surface area contributed by atoms with Crippen LogP contribution in [0.2, 0.25) is 0 Å². The van der Waals surface area contributed by atoms with Gasteiger partial charge in [0.25, 0.3) is 0 Å². The number of hydrogen-bond donors (Lipinski definition) is 2. The lowest BCUT2D eigenvalue weighted by Gasteiger charge is -2.13. The van der Waals surface area contributed by atoms with Crippen molar-refractivity contribution in [1.29, 1.82) is 0 Å². The van der Waals surface area contributed by atoms with Gasteiger partial charge in [-0.2, -0.15) is 0 Å². The fourth-order valence-corrected chi connectivity index (χ4v) is 2.41. The summed E-state index contributed by atoms with van der Waals surface area (Å²) in [5.74, 6) is 3.03. The molecule has 3 aromatic rings. The number of halogens is 1. The summed E-state index contributed by atoms with van der Waals surface area (Å²) in [5.41, 5.74) is 0.837. The van der Waals surface area contributed by atoms with Gasteiger partial charge in [0.05, 0.1) is 19.3 Å². The molecule has 0 fully saturated rings. The molecule has 2 N–H and O–H groups in total. The van der Waals surface area contributed by atoms with E-state index < -0.39 is 0 Å². The van der Waals surface area contributed by atoms with Crippen LogP contribution in [0.5, 0.6) is 0 Å². The van der Waals surface area contributed by atoms with Crippen molar-refractivity contribution in [3.8, 4) is 0 Å². The van der Waals surface area contributed by atoms with E-state index in [0.29, 0.717) is 24.9 Å². The first kappa shape index (κ1) is 20.3. The van der Waals surface area contributed by atoms with Crippen LogP contribution < -0.4 is 10.6 Å². The standard InChI is InChI=1S/C19H24N4O2.HI/c1-19(2,3)16-11-21-17(25-16)12-23-18(20-4)22-10-14-9-13-7-5-6-8-15(13)24-14;/h5-9,11H,10,12H2,1-4H3,(H2,20,22,23);1H. The second kappa shape index (κ2) is 8.57. The molecule has 2 heterocycles. The Morgan fingerprint density at radius 1 is 1.12 bits per heavy atom. The van der Waals surface area contributed by atoms with Crippen molar-refractivity contribution in [2.75, 3.05) is 7.05 Å². The smallest absolute Gasteiger partial charge is 0.213 e. The number of nitrogens with zero attached hydrogens (tertiary/aromatic N) is 2. The zero-order valence-corrected chi connectivity index (χ0v) is 17.8. The largest absolute Gasteiger partial charge is 0.459 e. The molecule has 0 aliphatic carbocycles. The van der Waals surface area contributed by atoms with Gasteiger partial charge in [0.2, 0.25) is 5.89 Å².